The van der Waals surface area contributed by atoms with Gasteiger partial charge in [-0.2, -0.15) is 0 Å². The third-order valence-electron chi connectivity index (χ3n) is 13.5. The zero-order chi connectivity index (χ0) is 58.3. The van der Waals surface area contributed by atoms with E-state index in [1.165, 1.54) is 70.6 Å². The second-order valence-electron chi connectivity index (χ2n) is 21.2. The van der Waals surface area contributed by atoms with Crippen LogP contribution >= 0.6 is 7.82 Å². The molecule has 3 atom stereocenters. The summed E-state index contributed by atoms with van der Waals surface area (Å²) in [6.45, 7) is 4.42. The lowest BCUT2D eigenvalue weighted by atomic mass is 10.0. The third kappa shape index (κ3) is 59.0. The lowest BCUT2D eigenvalue weighted by Gasteiger charge is -2.21. The van der Waals surface area contributed by atoms with E-state index in [-0.39, 0.29) is 25.9 Å². The maximum absolute atomic E-state index is 13.0. The first kappa shape index (κ1) is 76.4. The maximum Gasteiger partial charge on any atom is 0.472 e. The Morgan fingerprint density at radius 1 is 0.362 bits per heavy atom. The predicted molar refractivity (Wildman–Crippen MR) is 334 cm³/mol. The number of aliphatic hydroxyl groups is 1. The Balaban J connectivity index is 4.76. The van der Waals surface area contributed by atoms with Gasteiger partial charge in [-0.25, -0.2) is 4.57 Å². The van der Waals surface area contributed by atoms with Gasteiger partial charge < -0.3 is 24.2 Å². The Labute approximate surface area is 489 Å². The molecule has 0 fully saturated rings. The van der Waals surface area contributed by atoms with Crippen molar-refractivity contribution in [2.24, 2.45) is 0 Å². The lowest BCUT2D eigenvalue weighted by Crippen LogP contribution is -2.30. The van der Waals surface area contributed by atoms with Crippen LogP contribution in [0.5, 0.6) is 0 Å². The molecule has 12 heteroatoms. The fourth-order valence-electron chi connectivity index (χ4n) is 8.69. The average molecular weight is 1140 g/mol. The third-order valence-corrected chi connectivity index (χ3v) is 14.5. The number of hydrogen-bond donors (Lipinski definition) is 2. The average Bonchev–Trinajstić information content (AvgIpc) is 3.45. The van der Waals surface area contributed by atoms with Gasteiger partial charge in [-0.15, -0.1) is 0 Å². The minimum Gasteiger partial charge on any atom is -0.462 e. The Bertz CT molecular complexity index is 1710. The fraction of sp³-hybridized carbons (Fsp3) is 0.721. The van der Waals surface area contributed by atoms with Crippen LogP contribution in [0.15, 0.2) is 97.2 Å². The molecule has 0 aromatic rings. The zero-order valence-corrected chi connectivity index (χ0v) is 51.9. The number of aliphatic hydroxyl groups excluding tert-OH is 1. The van der Waals surface area contributed by atoms with Crippen LogP contribution in [-0.4, -0.2) is 66.5 Å². The predicted octanol–water partition coefficient (Wildman–Crippen LogP) is 19.6. The van der Waals surface area contributed by atoms with Crippen molar-refractivity contribution < 1.29 is 52.2 Å². The van der Waals surface area contributed by atoms with E-state index in [4.69, 9.17) is 23.3 Å². The number of unbranched alkanes of at least 4 members (excludes halogenated alkanes) is 26. The SMILES string of the molecule is CC/C=C\C/C=C\C/C=C\C/C=C\CCCCCCCCC(=O)OCC(COP(=O)(O)OCC(CO)OC(=O)CCCCCCCCCCCCCCCCC)OC(=O)CCCCCCCC/C=C\C/C=C\C/C=C\C/C=C\CC. The van der Waals surface area contributed by atoms with Crippen LogP contribution in [0.2, 0.25) is 0 Å². The molecule has 0 rings (SSSR count). The summed E-state index contributed by atoms with van der Waals surface area (Å²) >= 11 is 0. The normalized spacial score (nSPS) is 13.9. The molecular weight excluding hydrogens is 1020 g/mol. The van der Waals surface area contributed by atoms with Crippen LogP contribution in [0.1, 0.15) is 278 Å². The van der Waals surface area contributed by atoms with Gasteiger partial charge in [-0.05, 0) is 96.3 Å². The van der Waals surface area contributed by atoms with E-state index < -0.39 is 57.8 Å². The molecule has 0 radical (unpaired) electrons. The minimum atomic E-state index is -4.76. The van der Waals surface area contributed by atoms with Crippen LogP contribution in [0, 0.1) is 0 Å². The maximum atomic E-state index is 13.0. The van der Waals surface area contributed by atoms with Crippen molar-refractivity contribution in [3.63, 3.8) is 0 Å². The molecule has 0 aliphatic rings. The van der Waals surface area contributed by atoms with Gasteiger partial charge in [-0.3, -0.25) is 23.4 Å². The van der Waals surface area contributed by atoms with Gasteiger partial charge >= 0.3 is 25.7 Å². The minimum absolute atomic E-state index is 0.145. The molecule has 0 amide bonds. The van der Waals surface area contributed by atoms with Gasteiger partial charge in [0, 0.05) is 19.3 Å². The molecule has 0 spiro atoms. The van der Waals surface area contributed by atoms with Gasteiger partial charge in [0.15, 0.2) is 6.10 Å². The smallest absolute Gasteiger partial charge is 0.462 e. The number of ether oxygens (including phenoxy) is 3. The highest BCUT2D eigenvalue weighted by atomic mass is 31.2. The lowest BCUT2D eigenvalue weighted by molar-refractivity contribution is -0.161. The molecule has 0 saturated carbocycles. The molecule has 0 aliphatic heterocycles. The Hall–Kier alpha value is -3.60. The summed E-state index contributed by atoms with van der Waals surface area (Å²) in [6.07, 6.45) is 73.5. The summed E-state index contributed by atoms with van der Waals surface area (Å²) in [5.41, 5.74) is 0. The zero-order valence-electron chi connectivity index (χ0n) is 51.0. The molecule has 460 valence electrons. The molecule has 11 nitrogen and oxygen atoms in total. The van der Waals surface area contributed by atoms with E-state index in [1.54, 1.807) is 0 Å². The summed E-state index contributed by atoms with van der Waals surface area (Å²) in [5, 5.41) is 9.85. The Kier molecular flexibility index (Phi) is 58.7. The van der Waals surface area contributed by atoms with E-state index in [0.717, 1.165) is 148 Å². The van der Waals surface area contributed by atoms with Crippen molar-refractivity contribution in [1.82, 2.24) is 0 Å². The van der Waals surface area contributed by atoms with Gasteiger partial charge in [-0.1, -0.05) is 259 Å². The fourth-order valence-corrected chi connectivity index (χ4v) is 9.48. The van der Waals surface area contributed by atoms with Crippen LogP contribution in [0.4, 0.5) is 0 Å². The van der Waals surface area contributed by atoms with Crippen molar-refractivity contribution >= 4 is 25.7 Å². The number of esters is 3. The van der Waals surface area contributed by atoms with Crippen molar-refractivity contribution in [2.45, 2.75) is 290 Å². The van der Waals surface area contributed by atoms with E-state index in [1.807, 2.05) is 0 Å². The molecule has 0 saturated heterocycles. The van der Waals surface area contributed by atoms with Crippen LogP contribution < -0.4 is 0 Å². The molecule has 0 heterocycles. The van der Waals surface area contributed by atoms with E-state index in [2.05, 4.69) is 118 Å². The molecule has 2 N–H and O–H groups in total. The van der Waals surface area contributed by atoms with Crippen molar-refractivity contribution in [2.75, 3.05) is 26.4 Å². The van der Waals surface area contributed by atoms with Crippen molar-refractivity contribution in [3.8, 4) is 0 Å². The second-order valence-corrected chi connectivity index (χ2v) is 22.6. The molecule has 80 heavy (non-hydrogen) atoms. The van der Waals surface area contributed by atoms with Gasteiger partial charge in [0.05, 0.1) is 19.8 Å². The highest BCUT2D eigenvalue weighted by molar-refractivity contribution is 7.47. The van der Waals surface area contributed by atoms with Crippen LogP contribution in [0.25, 0.3) is 0 Å². The molecule has 0 aromatic heterocycles. The summed E-state index contributed by atoms with van der Waals surface area (Å²) in [6, 6.07) is 0. The Morgan fingerprint density at radius 3 is 1.00 bits per heavy atom. The second kappa shape index (κ2) is 61.5. The van der Waals surface area contributed by atoms with Gasteiger partial charge in [0.25, 0.3) is 0 Å². The molecule has 3 unspecified atom stereocenters. The molecular formula is C68H117O11P. The topological polar surface area (TPSA) is 155 Å². The molecule has 0 aromatic carbocycles. The number of phosphoric ester groups is 1. The quantitative estimate of drug-likeness (QED) is 0.0197. The number of carbonyl (C=O) groups excluding carboxylic acids is 3. The van der Waals surface area contributed by atoms with Gasteiger partial charge in [0.2, 0.25) is 0 Å². The number of hydrogen-bond acceptors (Lipinski definition) is 10. The number of phosphoric acid groups is 1. The first-order chi connectivity index (χ1) is 39.2. The first-order valence-electron chi connectivity index (χ1n) is 32.1. The highest BCUT2D eigenvalue weighted by Crippen LogP contribution is 2.43. The van der Waals surface area contributed by atoms with Crippen LogP contribution in [0.3, 0.4) is 0 Å². The summed E-state index contributed by atoms with van der Waals surface area (Å²) in [5.74, 6) is -1.49. The van der Waals surface area contributed by atoms with E-state index >= 15 is 0 Å². The number of allylic oxidation sites excluding steroid dienone is 16. The summed E-state index contributed by atoms with van der Waals surface area (Å²) < 4.78 is 39.7. The summed E-state index contributed by atoms with van der Waals surface area (Å²) in [7, 11) is -4.76. The van der Waals surface area contributed by atoms with Gasteiger partial charge in [0.1, 0.15) is 12.7 Å². The van der Waals surface area contributed by atoms with Crippen molar-refractivity contribution in [3.05, 3.63) is 97.2 Å². The van der Waals surface area contributed by atoms with Crippen molar-refractivity contribution in [1.29, 1.82) is 0 Å². The Morgan fingerprint density at radius 2 is 0.650 bits per heavy atom. The van der Waals surface area contributed by atoms with E-state index in [0.29, 0.717) is 19.3 Å². The first-order valence-corrected chi connectivity index (χ1v) is 33.6. The monoisotopic (exact) mass is 1140 g/mol. The van der Waals surface area contributed by atoms with Crippen LogP contribution in [-0.2, 0) is 42.2 Å². The number of carbonyl (C=O) groups is 3. The molecule has 0 bridgehead atoms. The highest BCUT2D eigenvalue weighted by Gasteiger charge is 2.28. The standard InChI is InChI=1S/C68H117O11P/c1-4-7-10-13-16-19-22-25-28-30-32-34-37-39-42-45-48-51-54-57-66(70)75-61-65(79-68(72)59-56-53-50-47-44-41-38-35-33-31-29-26-23-20-17-14-11-8-5-2)63-77-80(73,74)76-62-64(60-69)78-67(71)58-55-52-49-46-43-40-36-27-24-21-18-15-12-9-6-3/h7-8,10-11,16-17,19-20,25-26,28-29,32-35,64-65,69H,4-6,9,12-15,18,21-24,27,30-31,36-63H2,1-3H3,(H,73,74)/b10-7-,11-8-,19-16-,20-17-,28-25-,29-26-,34-32-,35-33-. The largest absolute Gasteiger partial charge is 0.472 e. The molecule has 0 aliphatic carbocycles. The summed E-state index contributed by atoms with van der Waals surface area (Å²) in [4.78, 5) is 48.8. The number of rotatable bonds is 59. The van der Waals surface area contributed by atoms with E-state index in [9.17, 15) is 28.9 Å².